The molecule has 408 valence electrons. The van der Waals surface area contributed by atoms with Crippen LogP contribution in [0.3, 0.4) is 0 Å². The summed E-state index contributed by atoms with van der Waals surface area (Å²) in [5.74, 6) is 6.35. The highest BCUT2D eigenvalue weighted by molar-refractivity contribution is 9.11. The summed E-state index contributed by atoms with van der Waals surface area (Å²) in [6.45, 7) is 19.7. The number of aryl methyl sites for hydroxylation is 9. The Kier molecular flexibility index (Phi) is 20.8. The van der Waals surface area contributed by atoms with E-state index in [1.54, 1.807) is 14.2 Å². The lowest BCUT2D eigenvalue weighted by Gasteiger charge is -2.33. The van der Waals surface area contributed by atoms with E-state index in [1.807, 2.05) is 60.7 Å². The summed E-state index contributed by atoms with van der Waals surface area (Å²) in [6, 6.07) is 54.1. The third-order valence-electron chi connectivity index (χ3n) is 14.2. The van der Waals surface area contributed by atoms with E-state index in [1.165, 1.54) is 82.8 Å². The smallest absolute Gasteiger partial charge is 0.458 e. The van der Waals surface area contributed by atoms with Crippen LogP contribution in [0, 0.1) is 62.3 Å². The van der Waals surface area contributed by atoms with Crippen LogP contribution in [0.25, 0.3) is 0 Å². The lowest BCUT2D eigenvalue weighted by Crippen LogP contribution is -2.61. The molecule has 0 unspecified atom stereocenters. The SMILES string of the molecule is Brc1ccccc1Oc1cc(Oc2ccccc2Br)c(Br)cc1Br.C.C.COB(OC)c1c(C)cc(C)cc1C.Cc1cc(C)c(B2c3ccccc3Oc3cc4c(cc32)B(c2c(C)cc(C)cc2C)c2ccccc2O4)c(C)c1. The summed E-state index contributed by atoms with van der Waals surface area (Å²) in [6.07, 6.45) is 0. The van der Waals surface area contributed by atoms with E-state index < -0.39 is 0 Å². The highest BCUT2D eigenvalue weighted by Crippen LogP contribution is 2.42. The summed E-state index contributed by atoms with van der Waals surface area (Å²) in [5.41, 5.74) is 20.2. The Morgan fingerprint density at radius 3 is 1.07 bits per heavy atom. The van der Waals surface area contributed by atoms with Crippen molar-refractivity contribution in [1.29, 1.82) is 0 Å². The van der Waals surface area contributed by atoms with Crippen molar-refractivity contribution in [3.8, 4) is 46.0 Å². The Morgan fingerprint density at radius 2 is 0.700 bits per heavy atom. The van der Waals surface area contributed by atoms with Crippen LogP contribution in [0.2, 0.25) is 0 Å². The lowest BCUT2D eigenvalue weighted by molar-refractivity contribution is 0.291. The highest BCUT2D eigenvalue weighted by Gasteiger charge is 2.40. The molecule has 0 radical (unpaired) electrons. The Balaban J connectivity index is 0.000000196. The standard InChI is InChI=1S/C36H32B2O2.C18H10Br4O2.C11H17BO2.2CH4/c1-21-15-23(3)35(24(4)16-21)37-27-11-7-9-13-31(27)39-33-20-34-30(19-29(33)37)38(28-12-8-10-14-32(28)40-34)36-25(5)17-22(2)18-26(36)6;19-11-5-1-3-7-15(11)23-17-10-18(14(22)9-13(17)21)24-16-8-4-2-6-12(16)20;1-8-6-9(2)11(10(3)7-8)12(13-4)14-5;;/h7-20H,1-6H3;1-10H;6-7H,1-5H3;2*1H4. The molecule has 0 spiro atoms. The molecule has 0 saturated heterocycles. The monoisotopic (exact) mass is 1320 g/mol. The molecule has 0 aromatic heterocycles. The maximum atomic E-state index is 6.61. The molecule has 0 aliphatic carbocycles. The molecule has 0 amide bonds. The van der Waals surface area contributed by atoms with Gasteiger partial charge in [-0.3, -0.25) is 0 Å². The van der Waals surface area contributed by atoms with Crippen LogP contribution < -0.4 is 57.2 Å². The highest BCUT2D eigenvalue weighted by atomic mass is 79.9. The minimum Gasteiger partial charge on any atom is -0.458 e. The second-order valence-electron chi connectivity index (χ2n) is 20.1. The van der Waals surface area contributed by atoms with Gasteiger partial charge >= 0.3 is 7.12 Å². The van der Waals surface area contributed by atoms with Crippen LogP contribution in [0.15, 0.2) is 176 Å². The molecule has 0 bridgehead atoms. The zero-order valence-electron chi connectivity index (χ0n) is 45.7. The molecule has 0 fully saturated rings. The van der Waals surface area contributed by atoms with E-state index in [0.29, 0.717) is 11.5 Å². The van der Waals surface area contributed by atoms with E-state index >= 15 is 0 Å². The average Bonchev–Trinajstić information content (AvgIpc) is 3.55. The molecule has 9 aromatic carbocycles. The number of hydrogen-bond donors (Lipinski definition) is 0. The van der Waals surface area contributed by atoms with Crippen LogP contribution in [0.5, 0.6) is 46.0 Å². The van der Waals surface area contributed by atoms with Crippen molar-refractivity contribution in [1.82, 2.24) is 0 Å². The van der Waals surface area contributed by atoms with E-state index in [9.17, 15) is 0 Å². The van der Waals surface area contributed by atoms with Gasteiger partial charge in [0.15, 0.2) is 0 Å². The molecule has 0 atom stereocenters. The van der Waals surface area contributed by atoms with Gasteiger partial charge in [-0.25, -0.2) is 0 Å². The Bertz CT molecular complexity index is 3450. The van der Waals surface area contributed by atoms with Crippen molar-refractivity contribution in [2.45, 2.75) is 77.2 Å². The largest absolute Gasteiger partial charge is 0.493 e. The van der Waals surface area contributed by atoms with E-state index in [2.05, 4.69) is 223 Å². The van der Waals surface area contributed by atoms with Gasteiger partial charge in [-0.05, 0) is 196 Å². The summed E-state index contributed by atoms with van der Waals surface area (Å²) in [7, 11) is 3.07. The summed E-state index contributed by atoms with van der Waals surface area (Å²) in [5, 5.41) is 0. The second kappa shape index (κ2) is 26.9. The quantitative estimate of drug-likeness (QED) is 0.134. The number of hydrogen-bond acceptors (Lipinski definition) is 6. The zero-order valence-corrected chi connectivity index (χ0v) is 52.0. The molecule has 0 saturated carbocycles. The van der Waals surface area contributed by atoms with Crippen molar-refractivity contribution in [3.63, 3.8) is 0 Å². The fourth-order valence-electron chi connectivity index (χ4n) is 11.2. The molecular weight excluding hydrogens is 1250 g/mol. The summed E-state index contributed by atoms with van der Waals surface area (Å²) < 4.78 is 39.2. The normalized spacial score (nSPS) is 11.5. The first-order chi connectivity index (χ1) is 37.4. The van der Waals surface area contributed by atoms with E-state index in [0.717, 1.165) is 57.9 Å². The number of ether oxygens (including phenoxy) is 4. The average molecular weight is 1320 g/mol. The van der Waals surface area contributed by atoms with Gasteiger partial charge in [-0.1, -0.05) is 179 Å². The third kappa shape index (κ3) is 13.3. The van der Waals surface area contributed by atoms with Crippen LogP contribution >= 0.6 is 63.7 Å². The molecule has 0 N–H and O–H groups in total. The predicted molar refractivity (Wildman–Crippen MR) is 354 cm³/mol. The van der Waals surface area contributed by atoms with Crippen LogP contribution in [-0.2, 0) is 9.31 Å². The van der Waals surface area contributed by atoms with Gasteiger partial charge in [0.05, 0.1) is 17.9 Å². The van der Waals surface area contributed by atoms with Crippen molar-refractivity contribution in [2.24, 2.45) is 0 Å². The first-order valence-corrected chi connectivity index (χ1v) is 29.0. The van der Waals surface area contributed by atoms with E-state index in [-0.39, 0.29) is 35.4 Å². The number of rotatable bonds is 9. The van der Waals surface area contributed by atoms with Crippen LogP contribution in [0.1, 0.15) is 64.9 Å². The Labute approximate surface area is 509 Å². The van der Waals surface area contributed by atoms with Gasteiger partial charge in [-0.2, -0.15) is 0 Å². The first kappa shape index (κ1) is 61.8. The number of para-hydroxylation sites is 4. The molecular formula is C67H67B3Br4O6. The van der Waals surface area contributed by atoms with Gasteiger partial charge in [0, 0.05) is 26.4 Å². The van der Waals surface area contributed by atoms with Crippen LogP contribution in [-0.4, -0.2) is 34.8 Å². The molecule has 6 nitrogen and oxygen atoms in total. The zero-order chi connectivity index (χ0) is 55.5. The fraction of sp³-hybridized carbons (Fsp3) is 0.194. The molecule has 13 heteroatoms. The third-order valence-corrected chi connectivity index (χ3v) is 16.8. The minimum absolute atomic E-state index is 0. The molecule has 2 heterocycles. The van der Waals surface area contributed by atoms with Crippen molar-refractivity contribution in [3.05, 3.63) is 226 Å². The van der Waals surface area contributed by atoms with Gasteiger partial charge in [-0.15, -0.1) is 0 Å². The van der Waals surface area contributed by atoms with Gasteiger partial charge in [0.1, 0.15) is 46.0 Å². The van der Waals surface area contributed by atoms with Crippen LogP contribution in [0.4, 0.5) is 0 Å². The van der Waals surface area contributed by atoms with Gasteiger partial charge in [0.2, 0.25) is 0 Å². The topological polar surface area (TPSA) is 55.4 Å². The Hall–Kier alpha value is -5.79. The minimum atomic E-state index is -0.254. The van der Waals surface area contributed by atoms with Gasteiger partial charge < -0.3 is 28.3 Å². The van der Waals surface area contributed by atoms with Crippen molar-refractivity contribution in [2.75, 3.05) is 14.2 Å². The first-order valence-electron chi connectivity index (χ1n) is 25.8. The maximum Gasteiger partial charge on any atom is 0.493 e. The molecule has 2 aliphatic heterocycles. The van der Waals surface area contributed by atoms with Crippen molar-refractivity contribution >= 4 is 123 Å². The fourth-order valence-corrected chi connectivity index (χ4v) is 13.1. The molecule has 9 aromatic rings. The lowest BCUT2D eigenvalue weighted by atomic mass is 9.31. The van der Waals surface area contributed by atoms with E-state index in [4.69, 9.17) is 28.3 Å². The summed E-state index contributed by atoms with van der Waals surface area (Å²) >= 11 is 14.0. The van der Waals surface area contributed by atoms with Crippen molar-refractivity contribution < 1.29 is 28.3 Å². The van der Waals surface area contributed by atoms with Gasteiger partial charge in [0.25, 0.3) is 13.4 Å². The summed E-state index contributed by atoms with van der Waals surface area (Å²) in [4.78, 5) is 0. The maximum absolute atomic E-state index is 6.61. The predicted octanol–water partition coefficient (Wildman–Crippen LogP) is 16.0. The molecule has 80 heavy (non-hydrogen) atoms. The second-order valence-corrected chi connectivity index (χ2v) is 23.5. The number of halogens is 4. The molecule has 2 aliphatic rings. The Morgan fingerprint density at radius 1 is 0.350 bits per heavy atom. The molecule has 11 rings (SSSR count). The number of fused-ring (bicyclic) bond motifs is 4. The number of benzene rings is 9.